The van der Waals surface area contributed by atoms with Gasteiger partial charge in [0.2, 0.25) is 0 Å². The van der Waals surface area contributed by atoms with Gasteiger partial charge >= 0.3 is 5.97 Å². The molecule has 6 heteroatoms. The first-order valence-electron chi connectivity index (χ1n) is 15.2. The summed E-state index contributed by atoms with van der Waals surface area (Å²) < 4.78 is 18.7. The molecule has 0 amide bonds. The molecule has 0 saturated heterocycles. The van der Waals surface area contributed by atoms with E-state index in [1.54, 1.807) is 0 Å². The molecule has 214 valence electrons. The van der Waals surface area contributed by atoms with E-state index in [1.165, 1.54) is 70.6 Å². The van der Waals surface area contributed by atoms with E-state index in [2.05, 4.69) is 20.8 Å². The first-order chi connectivity index (χ1) is 17.1. The van der Waals surface area contributed by atoms with Crippen LogP contribution < -0.4 is 0 Å². The van der Waals surface area contributed by atoms with Gasteiger partial charge in [-0.15, -0.1) is 0 Å². The maximum atomic E-state index is 10.5. The van der Waals surface area contributed by atoms with Gasteiger partial charge in [-0.1, -0.05) is 117 Å². The average molecular weight is 549 g/mol. The molecule has 0 aromatic rings. The van der Waals surface area contributed by atoms with Gasteiger partial charge in [0.1, 0.15) is 0 Å². The van der Waals surface area contributed by atoms with Crippen molar-refractivity contribution in [3.05, 3.63) is 0 Å². The molecule has 0 heterocycles. The fourth-order valence-electron chi connectivity index (χ4n) is 4.20. The van der Waals surface area contributed by atoms with Gasteiger partial charge in [0.15, 0.2) is 0 Å². The summed E-state index contributed by atoms with van der Waals surface area (Å²) in [5.41, 5.74) is 0. The Balaban J connectivity index is 0. The SMILES string of the molecule is CCCCOC(CCCCCCCCCCCCCCCCC(=O)O)(OCCCC)OCCCC.[Ti]. The molecular weight excluding hydrogens is 488 g/mol. The summed E-state index contributed by atoms with van der Waals surface area (Å²) >= 11 is 0. The quantitative estimate of drug-likeness (QED) is 0.0573. The Kier molecular flexibility index (Phi) is 31.4. The van der Waals surface area contributed by atoms with Crippen LogP contribution in [-0.2, 0) is 40.7 Å². The molecule has 36 heavy (non-hydrogen) atoms. The molecule has 0 fully saturated rings. The van der Waals surface area contributed by atoms with E-state index in [0.29, 0.717) is 26.2 Å². The van der Waals surface area contributed by atoms with Gasteiger partial charge in [0, 0.05) is 34.6 Å². The summed E-state index contributed by atoms with van der Waals surface area (Å²) in [6, 6.07) is 0. The summed E-state index contributed by atoms with van der Waals surface area (Å²) in [4.78, 5) is 10.5. The minimum absolute atomic E-state index is 0. The van der Waals surface area contributed by atoms with Crippen LogP contribution in [-0.4, -0.2) is 36.9 Å². The maximum absolute atomic E-state index is 10.5. The summed E-state index contributed by atoms with van der Waals surface area (Å²) in [6.45, 7) is 8.69. The van der Waals surface area contributed by atoms with Gasteiger partial charge in [0.25, 0.3) is 5.97 Å². The zero-order valence-electron chi connectivity index (χ0n) is 24.3. The van der Waals surface area contributed by atoms with Gasteiger partial charge in [-0.3, -0.25) is 4.79 Å². The van der Waals surface area contributed by atoms with E-state index in [-0.39, 0.29) is 21.7 Å². The Labute approximate surface area is 239 Å². The Bertz CT molecular complexity index is 421. The molecular formula is C30H60O5Ti. The van der Waals surface area contributed by atoms with Crippen LogP contribution in [0.5, 0.6) is 0 Å². The van der Waals surface area contributed by atoms with Crippen molar-refractivity contribution in [1.29, 1.82) is 0 Å². The predicted octanol–water partition coefficient (Wildman–Crippen LogP) is 9.41. The van der Waals surface area contributed by atoms with Crippen molar-refractivity contribution in [2.24, 2.45) is 0 Å². The molecule has 0 bridgehead atoms. The van der Waals surface area contributed by atoms with Gasteiger partial charge < -0.3 is 19.3 Å². The van der Waals surface area contributed by atoms with E-state index < -0.39 is 11.9 Å². The molecule has 0 aliphatic rings. The molecule has 0 rings (SSSR count). The summed E-state index contributed by atoms with van der Waals surface area (Å²) in [7, 11) is 0. The topological polar surface area (TPSA) is 65.0 Å². The molecule has 0 aliphatic carbocycles. The van der Waals surface area contributed by atoms with Crippen LogP contribution in [0.1, 0.15) is 162 Å². The van der Waals surface area contributed by atoms with E-state index in [4.69, 9.17) is 19.3 Å². The third-order valence-corrected chi connectivity index (χ3v) is 6.58. The summed E-state index contributed by atoms with van der Waals surface area (Å²) in [6.07, 6.45) is 24.9. The van der Waals surface area contributed by atoms with Crippen molar-refractivity contribution >= 4 is 5.97 Å². The van der Waals surface area contributed by atoms with Crippen molar-refractivity contribution in [3.63, 3.8) is 0 Å². The number of ether oxygens (including phenoxy) is 3. The second kappa shape index (κ2) is 29.6. The molecule has 0 unspecified atom stereocenters. The number of carbonyl (C=O) groups is 1. The number of carboxylic acid groups (broad SMARTS) is 1. The average Bonchev–Trinajstić information content (AvgIpc) is 2.84. The van der Waals surface area contributed by atoms with Crippen LogP contribution in [0.25, 0.3) is 0 Å². The summed E-state index contributed by atoms with van der Waals surface area (Å²) in [5, 5.41) is 8.64. The van der Waals surface area contributed by atoms with Crippen molar-refractivity contribution in [3.8, 4) is 0 Å². The number of hydrogen-bond acceptors (Lipinski definition) is 4. The third kappa shape index (κ3) is 25.7. The molecule has 0 atom stereocenters. The van der Waals surface area contributed by atoms with Crippen LogP contribution in [0.4, 0.5) is 0 Å². The molecule has 0 radical (unpaired) electrons. The summed E-state index contributed by atoms with van der Waals surface area (Å²) in [5.74, 6) is -1.50. The van der Waals surface area contributed by atoms with Crippen LogP contribution in [0.15, 0.2) is 0 Å². The molecule has 0 saturated carbocycles. The zero-order valence-corrected chi connectivity index (χ0v) is 25.8. The van der Waals surface area contributed by atoms with Gasteiger partial charge in [-0.2, -0.15) is 0 Å². The van der Waals surface area contributed by atoms with Crippen molar-refractivity contribution < 1.29 is 45.8 Å². The first kappa shape index (κ1) is 38.2. The minimum atomic E-state index is -0.838. The monoisotopic (exact) mass is 548 g/mol. The van der Waals surface area contributed by atoms with Crippen molar-refractivity contribution in [2.75, 3.05) is 19.8 Å². The van der Waals surface area contributed by atoms with E-state index in [9.17, 15) is 4.79 Å². The van der Waals surface area contributed by atoms with Crippen molar-refractivity contribution in [1.82, 2.24) is 0 Å². The largest absolute Gasteiger partial charge is 0.481 e. The molecule has 5 nitrogen and oxygen atoms in total. The molecule has 1 N–H and O–H groups in total. The molecule has 0 aromatic carbocycles. The Morgan fingerprint density at radius 2 is 0.833 bits per heavy atom. The fraction of sp³-hybridized carbons (Fsp3) is 0.967. The Morgan fingerprint density at radius 1 is 0.528 bits per heavy atom. The molecule has 0 spiro atoms. The van der Waals surface area contributed by atoms with E-state index in [1.807, 2.05) is 0 Å². The van der Waals surface area contributed by atoms with E-state index in [0.717, 1.165) is 64.2 Å². The van der Waals surface area contributed by atoms with E-state index >= 15 is 0 Å². The fourth-order valence-corrected chi connectivity index (χ4v) is 4.20. The predicted molar refractivity (Wildman–Crippen MR) is 147 cm³/mol. The normalized spacial score (nSPS) is 11.5. The molecule has 0 aromatic heterocycles. The maximum Gasteiger partial charge on any atom is 0.303 e. The Morgan fingerprint density at radius 3 is 1.14 bits per heavy atom. The number of aliphatic carboxylic acids is 1. The van der Waals surface area contributed by atoms with Gasteiger partial charge in [-0.05, 0) is 32.1 Å². The number of carboxylic acids is 1. The second-order valence-corrected chi connectivity index (χ2v) is 10.1. The van der Waals surface area contributed by atoms with Crippen LogP contribution >= 0.6 is 0 Å². The smallest absolute Gasteiger partial charge is 0.303 e. The van der Waals surface area contributed by atoms with Crippen LogP contribution in [0.2, 0.25) is 0 Å². The zero-order chi connectivity index (χ0) is 25.9. The number of unbranched alkanes of at least 4 members (excludes halogenated alkanes) is 16. The Hall–Kier alpha value is 0.0643. The standard InChI is InChI=1S/C30H60O5.Ti/c1-4-7-26-33-30(34-27-8-5-2,35-28-9-6-3)25-23-21-19-17-15-13-11-10-12-14-16-18-20-22-24-29(31)32;/h4-28H2,1-3H3,(H,31,32);. The molecule has 0 aliphatic heterocycles. The van der Waals surface area contributed by atoms with Crippen LogP contribution in [0, 0.1) is 0 Å². The number of hydrogen-bond donors (Lipinski definition) is 1. The second-order valence-electron chi connectivity index (χ2n) is 10.1. The van der Waals surface area contributed by atoms with Crippen LogP contribution in [0.3, 0.4) is 0 Å². The van der Waals surface area contributed by atoms with Crippen molar-refractivity contribution in [2.45, 2.75) is 168 Å². The van der Waals surface area contributed by atoms with Gasteiger partial charge in [0.05, 0.1) is 19.8 Å². The number of rotatable bonds is 29. The third-order valence-electron chi connectivity index (χ3n) is 6.58. The minimum Gasteiger partial charge on any atom is -0.481 e. The van der Waals surface area contributed by atoms with Gasteiger partial charge in [-0.25, -0.2) is 0 Å². The first-order valence-corrected chi connectivity index (χ1v) is 15.2.